The number of Topliss-reactive ketones (excluding diaryl/α,β-unsaturated/α-hetero) is 1. The van der Waals surface area contributed by atoms with Gasteiger partial charge in [0.25, 0.3) is 11.7 Å². The molecule has 2 aromatic rings. The number of hydrogen-bond acceptors (Lipinski definition) is 5. The van der Waals surface area contributed by atoms with Crippen LogP contribution in [0.15, 0.2) is 48.0 Å². The lowest BCUT2D eigenvalue weighted by atomic mass is 9.84. The van der Waals surface area contributed by atoms with E-state index in [4.69, 9.17) is 9.47 Å². The minimum atomic E-state index is -0.666. The number of hydrogen-bond donors (Lipinski definition) is 1. The minimum absolute atomic E-state index is 0.107. The lowest BCUT2D eigenvalue weighted by Gasteiger charge is -2.26. The van der Waals surface area contributed by atoms with Gasteiger partial charge in [0, 0.05) is 17.7 Å². The number of unbranched alkanes of at least 4 members (excludes halogenated alkanes) is 1. The molecule has 34 heavy (non-hydrogen) atoms. The maximum Gasteiger partial charge on any atom is 0.295 e. The quantitative estimate of drug-likeness (QED) is 0.311. The number of likely N-dealkylation sites (tertiary alicyclic amines) is 1. The van der Waals surface area contributed by atoms with Crippen molar-refractivity contribution < 1.29 is 24.2 Å². The molecule has 1 aliphatic rings. The third-order valence-electron chi connectivity index (χ3n) is 6.08. The number of aliphatic hydroxyl groups excluding tert-OH is 1. The van der Waals surface area contributed by atoms with Crippen LogP contribution in [0.2, 0.25) is 0 Å². The van der Waals surface area contributed by atoms with Gasteiger partial charge in [-0.25, -0.2) is 0 Å². The van der Waals surface area contributed by atoms with E-state index in [1.807, 2.05) is 44.2 Å². The molecule has 1 unspecified atom stereocenters. The highest BCUT2D eigenvalue weighted by Gasteiger charge is 2.45. The van der Waals surface area contributed by atoms with E-state index in [1.54, 1.807) is 24.1 Å². The van der Waals surface area contributed by atoms with Gasteiger partial charge < -0.3 is 19.5 Å². The van der Waals surface area contributed by atoms with Crippen molar-refractivity contribution in [2.24, 2.45) is 0 Å². The van der Waals surface area contributed by atoms with Crippen LogP contribution < -0.4 is 9.47 Å². The zero-order valence-electron chi connectivity index (χ0n) is 21.0. The highest BCUT2D eigenvalue weighted by atomic mass is 16.5. The van der Waals surface area contributed by atoms with Crippen LogP contribution >= 0.6 is 0 Å². The van der Waals surface area contributed by atoms with Crippen molar-refractivity contribution in [2.75, 3.05) is 20.3 Å². The Balaban J connectivity index is 2.17. The van der Waals surface area contributed by atoms with Gasteiger partial charge in [0.15, 0.2) is 0 Å². The Bertz CT molecular complexity index is 1080. The van der Waals surface area contributed by atoms with Crippen LogP contribution in [0.3, 0.4) is 0 Å². The third-order valence-corrected chi connectivity index (χ3v) is 6.08. The Hall–Kier alpha value is -3.28. The fourth-order valence-corrected chi connectivity index (χ4v) is 4.30. The lowest BCUT2D eigenvalue weighted by molar-refractivity contribution is -0.139. The van der Waals surface area contributed by atoms with Gasteiger partial charge in [0.1, 0.15) is 17.3 Å². The number of rotatable bonds is 8. The largest absolute Gasteiger partial charge is 0.507 e. The number of aliphatic hydroxyl groups is 1. The summed E-state index contributed by atoms with van der Waals surface area (Å²) in [4.78, 5) is 27.8. The van der Waals surface area contributed by atoms with Crippen molar-refractivity contribution in [3.05, 3.63) is 64.7 Å². The van der Waals surface area contributed by atoms with Gasteiger partial charge in [-0.2, -0.15) is 0 Å². The Kier molecular flexibility index (Phi) is 7.70. The molecule has 1 saturated heterocycles. The highest BCUT2D eigenvalue weighted by Crippen LogP contribution is 2.41. The van der Waals surface area contributed by atoms with Crippen LogP contribution in [0.25, 0.3) is 5.76 Å². The molecule has 0 saturated carbocycles. The van der Waals surface area contributed by atoms with Gasteiger partial charge >= 0.3 is 0 Å². The smallest absolute Gasteiger partial charge is 0.295 e. The molecule has 182 valence electrons. The SMILES string of the molecule is CCCCN1C(=O)C(=O)/C(=C(\O)c2ccc(OC)c(C(C)(C)C)c2)C1c1ccc(OCC)cc1. The summed E-state index contributed by atoms with van der Waals surface area (Å²) < 4.78 is 11.1. The minimum Gasteiger partial charge on any atom is -0.507 e. The Morgan fingerprint density at radius 1 is 1.06 bits per heavy atom. The zero-order chi connectivity index (χ0) is 25.0. The third kappa shape index (κ3) is 4.96. The fraction of sp³-hybridized carbons (Fsp3) is 0.429. The Labute approximate surface area is 202 Å². The zero-order valence-corrected chi connectivity index (χ0v) is 21.0. The molecule has 1 atom stereocenters. The van der Waals surface area contributed by atoms with E-state index in [0.29, 0.717) is 30.2 Å². The number of methoxy groups -OCH3 is 1. The van der Waals surface area contributed by atoms with Crippen LogP contribution in [0.1, 0.15) is 70.2 Å². The first-order chi connectivity index (χ1) is 16.1. The van der Waals surface area contributed by atoms with E-state index in [9.17, 15) is 14.7 Å². The molecule has 3 rings (SSSR count). The number of carbonyl (C=O) groups excluding carboxylic acids is 2. The summed E-state index contributed by atoms with van der Waals surface area (Å²) >= 11 is 0. The van der Waals surface area contributed by atoms with Crippen molar-refractivity contribution in [3.8, 4) is 11.5 Å². The standard InChI is InChI=1S/C28H35NO5/c1-7-9-16-29-24(18-10-13-20(14-11-18)34-8-2)23(26(31)27(29)32)25(30)19-12-15-22(33-6)21(17-19)28(3,4)5/h10-15,17,24,30H,7-9,16H2,1-6H3/b25-23-. The van der Waals surface area contributed by atoms with Crippen LogP contribution in [0.4, 0.5) is 0 Å². The summed E-state index contributed by atoms with van der Waals surface area (Å²) in [7, 11) is 1.61. The molecule has 2 aromatic carbocycles. The number of amides is 1. The van der Waals surface area contributed by atoms with Gasteiger partial charge in [-0.3, -0.25) is 9.59 Å². The molecule has 1 heterocycles. The molecule has 1 amide bonds. The number of ether oxygens (including phenoxy) is 2. The molecular formula is C28H35NO5. The van der Waals surface area contributed by atoms with Crippen LogP contribution in [0, 0.1) is 0 Å². The molecule has 0 aliphatic carbocycles. The second-order valence-electron chi connectivity index (χ2n) is 9.51. The average molecular weight is 466 g/mol. The topological polar surface area (TPSA) is 76.1 Å². The predicted molar refractivity (Wildman–Crippen MR) is 133 cm³/mol. The maximum absolute atomic E-state index is 13.2. The second-order valence-corrected chi connectivity index (χ2v) is 9.51. The first-order valence-electron chi connectivity index (χ1n) is 11.8. The number of benzene rings is 2. The number of carbonyl (C=O) groups is 2. The van der Waals surface area contributed by atoms with Crippen molar-refractivity contribution in [3.63, 3.8) is 0 Å². The van der Waals surface area contributed by atoms with E-state index in [2.05, 4.69) is 20.8 Å². The molecule has 0 aromatic heterocycles. The molecule has 0 spiro atoms. The van der Waals surface area contributed by atoms with Crippen molar-refractivity contribution in [1.82, 2.24) is 4.90 Å². The van der Waals surface area contributed by atoms with Gasteiger partial charge in [-0.15, -0.1) is 0 Å². The van der Waals surface area contributed by atoms with Crippen molar-refractivity contribution in [1.29, 1.82) is 0 Å². The normalized spacial score (nSPS) is 17.8. The van der Waals surface area contributed by atoms with Crippen LogP contribution in [0.5, 0.6) is 11.5 Å². The summed E-state index contributed by atoms with van der Waals surface area (Å²) in [6.07, 6.45) is 1.64. The van der Waals surface area contributed by atoms with E-state index >= 15 is 0 Å². The summed E-state index contributed by atoms with van der Waals surface area (Å²) in [5, 5.41) is 11.4. The Morgan fingerprint density at radius 3 is 2.29 bits per heavy atom. The molecule has 0 bridgehead atoms. The summed E-state index contributed by atoms with van der Waals surface area (Å²) in [6, 6.07) is 12.0. The lowest BCUT2D eigenvalue weighted by Crippen LogP contribution is -2.30. The molecular weight excluding hydrogens is 430 g/mol. The van der Waals surface area contributed by atoms with E-state index in [-0.39, 0.29) is 16.7 Å². The summed E-state index contributed by atoms with van der Waals surface area (Å²) in [6.45, 7) is 11.1. The second kappa shape index (κ2) is 10.3. The van der Waals surface area contributed by atoms with E-state index < -0.39 is 17.7 Å². The molecule has 1 aliphatic heterocycles. The summed E-state index contributed by atoms with van der Waals surface area (Å²) in [5.74, 6) is -0.0133. The summed E-state index contributed by atoms with van der Waals surface area (Å²) in [5.41, 5.74) is 2.00. The number of nitrogens with zero attached hydrogens (tertiary/aromatic N) is 1. The monoisotopic (exact) mass is 465 g/mol. The van der Waals surface area contributed by atoms with Gasteiger partial charge in [0.05, 0.1) is 25.3 Å². The maximum atomic E-state index is 13.2. The fourth-order valence-electron chi connectivity index (χ4n) is 4.30. The molecule has 6 heteroatoms. The van der Waals surface area contributed by atoms with Crippen molar-refractivity contribution in [2.45, 2.75) is 58.9 Å². The Morgan fingerprint density at radius 2 is 1.74 bits per heavy atom. The molecule has 6 nitrogen and oxygen atoms in total. The van der Waals surface area contributed by atoms with Gasteiger partial charge in [-0.05, 0) is 54.7 Å². The first kappa shape index (κ1) is 25.3. The van der Waals surface area contributed by atoms with E-state index in [0.717, 1.165) is 24.0 Å². The predicted octanol–water partition coefficient (Wildman–Crippen LogP) is 5.61. The van der Waals surface area contributed by atoms with Crippen LogP contribution in [-0.4, -0.2) is 42.0 Å². The molecule has 1 N–H and O–H groups in total. The van der Waals surface area contributed by atoms with Gasteiger partial charge in [0.2, 0.25) is 0 Å². The number of ketones is 1. The van der Waals surface area contributed by atoms with Gasteiger partial charge in [-0.1, -0.05) is 46.2 Å². The first-order valence-corrected chi connectivity index (χ1v) is 11.8. The van der Waals surface area contributed by atoms with Crippen LogP contribution in [-0.2, 0) is 15.0 Å². The van der Waals surface area contributed by atoms with Crippen molar-refractivity contribution >= 4 is 17.4 Å². The van der Waals surface area contributed by atoms with E-state index in [1.165, 1.54) is 0 Å². The average Bonchev–Trinajstić information content (AvgIpc) is 3.06. The highest BCUT2D eigenvalue weighted by molar-refractivity contribution is 6.46. The molecule has 0 radical (unpaired) electrons. The molecule has 1 fully saturated rings.